The minimum atomic E-state index is 0.446. The van der Waals surface area contributed by atoms with Crippen LogP contribution in [-0.2, 0) is 0 Å². The average Bonchev–Trinajstić information content (AvgIpc) is 2.43. The molecule has 0 spiro atoms. The molecule has 2 heteroatoms. The molecule has 1 saturated heterocycles. The highest BCUT2D eigenvalue weighted by molar-refractivity contribution is 4.93. The lowest BCUT2D eigenvalue weighted by Crippen LogP contribution is -2.60. The molecule has 0 unspecified atom stereocenters. The van der Waals surface area contributed by atoms with Gasteiger partial charge in [-0.1, -0.05) is 52.9 Å². The number of nitrogens with zero attached hydrogens (tertiary/aromatic N) is 1. The van der Waals surface area contributed by atoms with Crippen LogP contribution in [0.3, 0.4) is 0 Å². The molecule has 108 valence electrons. The second-order valence-electron chi connectivity index (χ2n) is 5.86. The van der Waals surface area contributed by atoms with Crippen molar-refractivity contribution in [3.05, 3.63) is 0 Å². The molecule has 1 fully saturated rings. The maximum atomic E-state index is 3.58. The van der Waals surface area contributed by atoms with E-state index in [4.69, 9.17) is 0 Å². The van der Waals surface area contributed by atoms with Crippen LogP contribution < -0.4 is 5.32 Å². The van der Waals surface area contributed by atoms with E-state index in [1.165, 1.54) is 77.5 Å². The van der Waals surface area contributed by atoms with Crippen molar-refractivity contribution in [1.82, 2.24) is 10.2 Å². The molecule has 0 saturated carbocycles. The van der Waals surface area contributed by atoms with E-state index >= 15 is 0 Å². The number of nitrogens with one attached hydrogen (secondary N) is 1. The summed E-state index contributed by atoms with van der Waals surface area (Å²) in [4.78, 5) is 2.77. The summed E-state index contributed by atoms with van der Waals surface area (Å²) in [5.74, 6) is 0. The standard InChI is InChI=1S/C16H34N2/c1-4-7-8-9-10-11-13-18-14-12-17-15-16(18,5-2)6-3/h17H,4-15H2,1-3H3. The van der Waals surface area contributed by atoms with E-state index in [9.17, 15) is 0 Å². The Balaban J connectivity index is 2.25. The zero-order valence-electron chi connectivity index (χ0n) is 12.9. The van der Waals surface area contributed by atoms with E-state index in [2.05, 4.69) is 31.0 Å². The van der Waals surface area contributed by atoms with Crippen molar-refractivity contribution in [3.63, 3.8) is 0 Å². The van der Waals surface area contributed by atoms with Gasteiger partial charge < -0.3 is 5.32 Å². The molecule has 0 aliphatic carbocycles. The molecule has 18 heavy (non-hydrogen) atoms. The zero-order valence-corrected chi connectivity index (χ0v) is 12.9. The summed E-state index contributed by atoms with van der Waals surface area (Å²) in [6.07, 6.45) is 11.0. The summed E-state index contributed by atoms with van der Waals surface area (Å²) in [7, 11) is 0. The van der Waals surface area contributed by atoms with Crippen LogP contribution >= 0.6 is 0 Å². The fourth-order valence-corrected chi connectivity index (χ4v) is 3.26. The third-order valence-corrected chi connectivity index (χ3v) is 4.78. The molecule has 2 nitrogen and oxygen atoms in total. The molecule has 1 aliphatic rings. The number of unbranched alkanes of at least 4 members (excludes halogenated alkanes) is 5. The smallest absolute Gasteiger partial charge is 0.0329 e. The quantitative estimate of drug-likeness (QED) is 0.629. The van der Waals surface area contributed by atoms with Gasteiger partial charge in [0.2, 0.25) is 0 Å². The normalized spacial score (nSPS) is 20.2. The summed E-state index contributed by atoms with van der Waals surface area (Å²) in [6, 6.07) is 0. The topological polar surface area (TPSA) is 15.3 Å². The predicted molar refractivity (Wildman–Crippen MR) is 81.1 cm³/mol. The van der Waals surface area contributed by atoms with Gasteiger partial charge in [0.15, 0.2) is 0 Å². The Morgan fingerprint density at radius 3 is 2.28 bits per heavy atom. The first-order valence-corrected chi connectivity index (χ1v) is 8.25. The maximum Gasteiger partial charge on any atom is 0.0329 e. The van der Waals surface area contributed by atoms with Crippen molar-refractivity contribution < 1.29 is 0 Å². The summed E-state index contributed by atoms with van der Waals surface area (Å²) >= 11 is 0. The molecule has 0 amide bonds. The van der Waals surface area contributed by atoms with Gasteiger partial charge in [0.1, 0.15) is 0 Å². The van der Waals surface area contributed by atoms with Gasteiger partial charge in [-0.05, 0) is 25.8 Å². The maximum absolute atomic E-state index is 3.58. The average molecular weight is 254 g/mol. The Hall–Kier alpha value is -0.0800. The van der Waals surface area contributed by atoms with E-state index in [0.29, 0.717) is 5.54 Å². The van der Waals surface area contributed by atoms with Crippen molar-refractivity contribution in [2.75, 3.05) is 26.2 Å². The predicted octanol–water partition coefficient (Wildman–Crippen LogP) is 3.81. The van der Waals surface area contributed by atoms with E-state index in [1.807, 2.05) is 0 Å². The minimum Gasteiger partial charge on any atom is -0.314 e. The molecule has 0 radical (unpaired) electrons. The number of rotatable bonds is 9. The van der Waals surface area contributed by atoms with Gasteiger partial charge >= 0.3 is 0 Å². The Kier molecular flexibility index (Phi) is 7.92. The van der Waals surface area contributed by atoms with Gasteiger partial charge in [0.05, 0.1) is 0 Å². The van der Waals surface area contributed by atoms with Gasteiger partial charge in [0, 0.05) is 25.2 Å². The van der Waals surface area contributed by atoms with Crippen molar-refractivity contribution in [2.45, 2.75) is 77.7 Å². The van der Waals surface area contributed by atoms with E-state index in [0.717, 1.165) is 0 Å². The van der Waals surface area contributed by atoms with Gasteiger partial charge in [-0.3, -0.25) is 4.90 Å². The Morgan fingerprint density at radius 2 is 1.61 bits per heavy atom. The molecule has 0 atom stereocenters. The van der Waals surface area contributed by atoms with E-state index < -0.39 is 0 Å². The van der Waals surface area contributed by atoms with Gasteiger partial charge in [-0.2, -0.15) is 0 Å². The fraction of sp³-hybridized carbons (Fsp3) is 1.00. The minimum absolute atomic E-state index is 0.446. The Bertz CT molecular complexity index is 199. The fourth-order valence-electron chi connectivity index (χ4n) is 3.26. The van der Waals surface area contributed by atoms with Crippen LogP contribution in [0.15, 0.2) is 0 Å². The number of hydrogen-bond donors (Lipinski definition) is 1. The van der Waals surface area contributed by atoms with Gasteiger partial charge in [-0.15, -0.1) is 0 Å². The third kappa shape index (κ3) is 4.55. The van der Waals surface area contributed by atoms with Crippen molar-refractivity contribution in [3.8, 4) is 0 Å². The molecular weight excluding hydrogens is 220 g/mol. The molecule has 1 N–H and O–H groups in total. The molecule has 0 aromatic carbocycles. The molecule has 0 aromatic heterocycles. The second kappa shape index (κ2) is 8.92. The van der Waals surface area contributed by atoms with Crippen LogP contribution in [0.4, 0.5) is 0 Å². The van der Waals surface area contributed by atoms with Crippen molar-refractivity contribution in [2.24, 2.45) is 0 Å². The van der Waals surface area contributed by atoms with Crippen LogP contribution in [0.25, 0.3) is 0 Å². The lowest BCUT2D eigenvalue weighted by atomic mass is 9.88. The van der Waals surface area contributed by atoms with Crippen LogP contribution in [0.1, 0.15) is 72.1 Å². The summed E-state index contributed by atoms with van der Waals surface area (Å²) in [5, 5.41) is 3.58. The first-order chi connectivity index (χ1) is 8.79. The monoisotopic (exact) mass is 254 g/mol. The highest BCUT2D eigenvalue weighted by Gasteiger charge is 2.34. The van der Waals surface area contributed by atoms with Crippen LogP contribution in [0, 0.1) is 0 Å². The summed E-state index contributed by atoms with van der Waals surface area (Å²) < 4.78 is 0. The van der Waals surface area contributed by atoms with Gasteiger partial charge in [0.25, 0.3) is 0 Å². The SMILES string of the molecule is CCCCCCCCN1CCNCC1(CC)CC. The Labute approximate surface area is 115 Å². The molecule has 0 bridgehead atoms. The third-order valence-electron chi connectivity index (χ3n) is 4.78. The summed E-state index contributed by atoms with van der Waals surface area (Å²) in [6.45, 7) is 11.9. The van der Waals surface area contributed by atoms with Crippen LogP contribution in [-0.4, -0.2) is 36.6 Å². The first-order valence-electron chi connectivity index (χ1n) is 8.25. The molecular formula is C16H34N2. The van der Waals surface area contributed by atoms with Crippen LogP contribution in [0.2, 0.25) is 0 Å². The molecule has 1 aliphatic heterocycles. The Morgan fingerprint density at radius 1 is 0.944 bits per heavy atom. The second-order valence-corrected chi connectivity index (χ2v) is 5.86. The highest BCUT2D eigenvalue weighted by Crippen LogP contribution is 2.25. The lowest BCUT2D eigenvalue weighted by Gasteiger charge is -2.47. The van der Waals surface area contributed by atoms with E-state index in [-0.39, 0.29) is 0 Å². The largest absolute Gasteiger partial charge is 0.314 e. The van der Waals surface area contributed by atoms with Crippen molar-refractivity contribution >= 4 is 0 Å². The van der Waals surface area contributed by atoms with Gasteiger partial charge in [-0.25, -0.2) is 0 Å². The molecule has 1 heterocycles. The van der Waals surface area contributed by atoms with Crippen molar-refractivity contribution in [1.29, 1.82) is 0 Å². The summed E-state index contributed by atoms with van der Waals surface area (Å²) in [5.41, 5.74) is 0.446. The number of hydrogen-bond acceptors (Lipinski definition) is 2. The lowest BCUT2D eigenvalue weighted by molar-refractivity contribution is 0.0505. The highest BCUT2D eigenvalue weighted by atomic mass is 15.3. The molecule has 1 rings (SSSR count). The first kappa shape index (κ1) is 16.0. The van der Waals surface area contributed by atoms with Crippen LogP contribution in [0.5, 0.6) is 0 Å². The van der Waals surface area contributed by atoms with E-state index in [1.54, 1.807) is 0 Å². The zero-order chi connectivity index (χ0) is 13.3. The number of piperazine rings is 1. The molecule has 0 aromatic rings.